The Bertz CT molecular complexity index is 1460. The molecule has 0 aliphatic carbocycles. The minimum absolute atomic E-state index is 0.188. The third-order valence-electron chi connectivity index (χ3n) is 5.44. The summed E-state index contributed by atoms with van der Waals surface area (Å²) < 4.78 is 81.8. The summed E-state index contributed by atoms with van der Waals surface area (Å²) in [6.45, 7) is 3.64. The molecule has 0 unspecified atom stereocenters. The number of aryl methyl sites for hydroxylation is 2. The highest BCUT2D eigenvalue weighted by atomic mass is 19.4. The molecule has 0 bridgehead atoms. The molecule has 40 heavy (non-hydrogen) atoms. The molecule has 0 atom stereocenters. The quantitative estimate of drug-likeness (QED) is 0.177. The third-order valence-corrected chi connectivity index (χ3v) is 5.44. The van der Waals surface area contributed by atoms with Gasteiger partial charge < -0.3 is 4.74 Å². The molecule has 4 aromatic heterocycles. The van der Waals surface area contributed by atoms with Crippen molar-refractivity contribution < 1.29 is 40.7 Å². The second-order valence-corrected chi connectivity index (χ2v) is 8.03. The van der Waals surface area contributed by atoms with E-state index in [1.54, 1.807) is 6.92 Å². The second-order valence-electron chi connectivity index (χ2n) is 8.03. The summed E-state index contributed by atoms with van der Waals surface area (Å²) in [6, 6.07) is 4.24. The van der Waals surface area contributed by atoms with Gasteiger partial charge in [0.1, 0.15) is 5.56 Å². The summed E-state index contributed by atoms with van der Waals surface area (Å²) in [4.78, 5) is 29.8. The number of nitrogens with zero attached hydrogens (tertiary/aromatic N) is 6. The van der Waals surface area contributed by atoms with Crippen LogP contribution in [-0.4, -0.2) is 48.9 Å². The van der Waals surface area contributed by atoms with Gasteiger partial charge in [-0.15, -0.1) is 0 Å². The average molecular weight is 568 g/mol. The van der Waals surface area contributed by atoms with Crippen LogP contribution in [0.4, 0.5) is 26.3 Å². The fourth-order valence-electron chi connectivity index (χ4n) is 3.36. The van der Waals surface area contributed by atoms with Gasteiger partial charge in [-0.1, -0.05) is 13.8 Å². The summed E-state index contributed by atoms with van der Waals surface area (Å²) in [5.41, 5.74) is 0.0724. The van der Waals surface area contributed by atoms with Crippen molar-refractivity contribution in [2.24, 2.45) is 0 Å². The molecule has 15 heteroatoms. The molecule has 0 radical (unpaired) electrons. The maximum atomic E-state index is 12.5. The van der Waals surface area contributed by atoms with E-state index in [4.69, 9.17) is 0 Å². The molecule has 9 nitrogen and oxygen atoms in total. The van der Waals surface area contributed by atoms with Gasteiger partial charge in [0.05, 0.1) is 35.2 Å². The summed E-state index contributed by atoms with van der Waals surface area (Å²) in [6.07, 6.45) is -2.86. The summed E-state index contributed by atoms with van der Waals surface area (Å²) in [5, 5.41) is 8.24. The summed E-state index contributed by atoms with van der Waals surface area (Å²) >= 11 is 0. The number of carbonyl (C=O) groups is 2. The maximum Gasteiger partial charge on any atom is 0.417 e. The van der Waals surface area contributed by atoms with Crippen molar-refractivity contribution in [3.05, 3.63) is 82.7 Å². The largest absolute Gasteiger partial charge is 0.465 e. The molecule has 0 aliphatic heterocycles. The molecule has 4 rings (SSSR count). The zero-order chi connectivity index (χ0) is 29.7. The maximum absolute atomic E-state index is 12.5. The van der Waals surface area contributed by atoms with Gasteiger partial charge in [0.15, 0.2) is 17.9 Å². The van der Waals surface area contributed by atoms with E-state index in [0.29, 0.717) is 36.1 Å². The normalized spacial score (nSPS) is 11.5. The lowest BCUT2D eigenvalue weighted by Crippen LogP contribution is -2.07. The molecule has 0 saturated carbocycles. The molecule has 0 N–H and O–H groups in total. The summed E-state index contributed by atoms with van der Waals surface area (Å²) in [5.74, 6) is -0.131. The zero-order valence-corrected chi connectivity index (χ0v) is 21.3. The van der Waals surface area contributed by atoms with Crippen LogP contribution in [0.5, 0.6) is 0 Å². The number of methoxy groups -OCH3 is 1. The van der Waals surface area contributed by atoms with Crippen LogP contribution in [0.25, 0.3) is 11.6 Å². The number of pyridine rings is 2. The zero-order valence-electron chi connectivity index (χ0n) is 21.3. The third kappa shape index (κ3) is 6.90. The van der Waals surface area contributed by atoms with Crippen LogP contribution in [0.3, 0.4) is 0 Å². The van der Waals surface area contributed by atoms with Gasteiger partial charge in [-0.3, -0.25) is 4.79 Å². The van der Waals surface area contributed by atoms with Gasteiger partial charge >= 0.3 is 18.3 Å². The number of hydrogen-bond donors (Lipinski definition) is 0. The lowest BCUT2D eigenvalue weighted by Gasteiger charge is -2.06. The van der Waals surface area contributed by atoms with E-state index in [2.05, 4.69) is 24.9 Å². The first kappa shape index (κ1) is 30.0. The Labute approximate surface area is 223 Å². The van der Waals surface area contributed by atoms with Crippen molar-refractivity contribution in [1.29, 1.82) is 0 Å². The van der Waals surface area contributed by atoms with Crippen molar-refractivity contribution in [3.8, 4) is 11.6 Å². The number of aldehydes is 1. The van der Waals surface area contributed by atoms with E-state index in [1.165, 1.54) is 41.0 Å². The Kier molecular flexibility index (Phi) is 9.06. The van der Waals surface area contributed by atoms with E-state index in [-0.39, 0.29) is 17.2 Å². The van der Waals surface area contributed by atoms with Crippen LogP contribution < -0.4 is 0 Å². The van der Waals surface area contributed by atoms with Crippen molar-refractivity contribution in [3.63, 3.8) is 0 Å². The molecule has 0 amide bonds. The molecular weight excluding hydrogens is 546 g/mol. The van der Waals surface area contributed by atoms with E-state index in [9.17, 15) is 35.9 Å². The van der Waals surface area contributed by atoms with Crippen molar-refractivity contribution in [1.82, 2.24) is 29.5 Å². The molecule has 0 fully saturated rings. The standard InChI is InChI=1S/C13H12F3N3O2.C12H10F3N3O/c1-3-10-9(12(20)21-2)7-19(18-10)11-5-4-8(6-17-11)13(14,15)16;1-2-10-8(7-19)6-18(17-10)11-4-3-9(5-16-11)12(13,14)15/h4-7H,3H2,1-2H3;3-7H,2H2,1H3. The lowest BCUT2D eigenvalue weighted by molar-refractivity contribution is -0.138. The van der Waals surface area contributed by atoms with Crippen molar-refractivity contribution >= 4 is 12.3 Å². The van der Waals surface area contributed by atoms with Gasteiger partial charge in [-0.2, -0.15) is 36.5 Å². The Hall–Kier alpha value is -4.56. The number of halogens is 6. The SMILES string of the molecule is CCc1nn(-c2ccc(C(F)(F)F)cn2)cc1C(=O)OC.CCc1nn(-c2ccc(C(F)(F)F)cn2)cc1C=O. The molecule has 0 spiro atoms. The number of aromatic nitrogens is 6. The molecule has 4 aromatic rings. The van der Waals surface area contributed by atoms with Crippen LogP contribution in [0.1, 0.15) is 57.1 Å². The molecule has 0 aliphatic rings. The minimum Gasteiger partial charge on any atom is -0.465 e. The van der Waals surface area contributed by atoms with Crippen LogP contribution in [0.15, 0.2) is 49.1 Å². The minimum atomic E-state index is -4.44. The summed E-state index contributed by atoms with van der Waals surface area (Å²) in [7, 11) is 1.25. The highest BCUT2D eigenvalue weighted by molar-refractivity contribution is 5.90. The molecule has 212 valence electrons. The van der Waals surface area contributed by atoms with E-state index >= 15 is 0 Å². The first-order chi connectivity index (χ1) is 18.8. The average Bonchev–Trinajstić information content (AvgIpc) is 3.56. The highest BCUT2D eigenvalue weighted by Crippen LogP contribution is 2.29. The monoisotopic (exact) mass is 568 g/mol. The number of ether oxygens (including phenoxy) is 1. The predicted molar refractivity (Wildman–Crippen MR) is 128 cm³/mol. The van der Waals surface area contributed by atoms with Crippen molar-refractivity contribution in [2.45, 2.75) is 39.0 Å². The van der Waals surface area contributed by atoms with Crippen LogP contribution >= 0.6 is 0 Å². The van der Waals surface area contributed by atoms with Crippen LogP contribution in [0, 0.1) is 0 Å². The Balaban J connectivity index is 0.000000222. The van der Waals surface area contributed by atoms with E-state index in [1.807, 2.05) is 6.92 Å². The number of carbonyl (C=O) groups excluding carboxylic acids is 2. The highest BCUT2D eigenvalue weighted by Gasteiger charge is 2.31. The van der Waals surface area contributed by atoms with Gasteiger partial charge in [-0.25, -0.2) is 24.1 Å². The molecular formula is C25H22F6N6O3. The molecule has 0 saturated heterocycles. The smallest absolute Gasteiger partial charge is 0.417 e. The van der Waals surface area contributed by atoms with Crippen LogP contribution in [-0.2, 0) is 29.9 Å². The lowest BCUT2D eigenvalue weighted by atomic mass is 10.2. The molecule has 4 heterocycles. The Morgan fingerprint density at radius 2 is 1.30 bits per heavy atom. The topological polar surface area (TPSA) is 105 Å². The fraction of sp³-hybridized carbons (Fsp3) is 0.280. The molecule has 0 aromatic carbocycles. The first-order valence-electron chi connectivity index (χ1n) is 11.6. The van der Waals surface area contributed by atoms with Gasteiger partial charge in [0.2, 0.25) is 0 Å². The van der Waals surface area contributed by atoms with E-state index in [0.717, 1.165) is 24.5 Å². The Morgan fingerprint density at radius 3 is 1.65 bits per heavy atom. The number of esters is 1. The Morgan fingerprint density at radius 1 is 0.825 bits per heavy atom. The van der Waals surface area contributed by atoms with Crippen LogP contribution in [0.2, 0.25) is 0 Å². The number of alkyl halides is 6. The second kappa shape index (κ2) is 12.1. The number of rotatable bonds is 6. The van der Waals surface area contributed by atoms with Gasteiger partial charge in [-0.05, 0) is 37.1 Å². The van der Waals surface area contributed by atoms with Gasteiger partial charge in [0, 0.05) is 24.8 Å². The first-order valence-corrected chi connectivity index (χ1v) is 11.6. The van der Waals surface area contributed by atoms with E-state index < -0.39 is 29.4 Å². The predicted octanol–water partition coefficient (Wildman–Crippen LogP) is 5.30. The number of hydrogen-bond acceptors (Lipinski definition) is 7. The fourth-order valence-corrected chi connectivity index (χ4v) is 3.36. The van der Waals surface area contributed by atoms with Gasteiger partial charge in [0.25, 0.3) is 0 Å². The van der Waals surface area contributed by atoms with Crippen molar-refractivity contribution in [2.75, 3.05) is 7.11 Å².